The average Bonchev–Trinajstić information content (AvgIpc) is 3.01. The first-order valence-electron chi connectivity index (χ1n) is 7.78. The predicted molar refractivity (Wildman–Crippen MR) is 95.3 cm³/mol. The second kappa shape index (κ2) is 4.74. The number of carbonyl (C=O) groups is 1. The molecule has 122 valence electrons. The van der Waals surface area contributed by atoms with Crippen molar-refractivity contribution in [1.82, 2.24) is 9.55 Å². The molecule has 3 N–H and O–H groups in total. The molecule has 0 radical (unpaired) electrons. The molecule has 1 aromatic carbocycles. The molecule has 0 aliphatic carbocycles. The number of amides is 1. The van der Waals surface area contributed by atoms with Gasteiger partial charge in [0.25, 0.3) is 5.56 Å². The van der Waals surface area contributed by atoms with Crippen LogP contribution in [0.25, 0.3) is 22.0 Å². The maximum Gasteiger partial charge on any atom is 0.274 e. The Morgan fingerprint density at radius 2 is 1.88 bits per heavy atom. The molecule has 6 nitrogen and oxygen atoms in total. The fourth-order valence-corrected chi connectivity index (χ4v) is 3.15. The van der Waals surface area contributed by atoms with Gasteiger partial charge in [-0.25, -0.2) is 0 Å². The number of benzene rings is 1. The molecule has 1 amide bonds. The van der Waals surface area contributed by atoms with Crippen molar-refractivity contribution in [2.75, 3.05) is 10.6 Å². The molecule has 6 heteroatoms. The van der Waals surface area contributed by atoms with Crippen LogP contribution in [0.15, 0.2) is 41.5 Å². The summed E-state index contributed by atoms with van der Waals surface area (Å²) in [6.45, 7) is 3.68. The zero-order chi connectivity index (χ0) is 17.1. The third-order valence-corrected chi connectivity index (χ3v) is 4.50. The maximum atomic E-state index is 12.3. The van der Waals surface area contributed by atoms with E-state index in [0.29, 0.717) is 5.52 Å². The molecule has 24 heavy (non-hydrogen) atoms. The van der Waals surface area contributed by atoms with Crippen molar-refractivity contribution in [2.24, 2.45) is 7.05 Å². The number of carbonyl (C=O) groups excluding carboxylic acids is 1. The number of pyridine rings is 1. The minimum atomic E-state index is -0.707. The largest absolute Gasteiger partial charge is 0.369 e. The molecule has 0 fully saturated rings. The molecule has 3 heterocycles. The molecule has 0 bridgehead atoms. The van der Waals surface area contributed by atoms with Crippen LogP contribution in [-0.2, 0) is 11.8 Å². The van der Waals surface area contributed by atoms with E-state index in [2.05, 4.69) is 15.6 Å². The van der Waals surface area contributed by atoms with E-state index in [1.54, 1.807) is 17.8 Å². The zero-order valence-corrected chi connectivity index (χ0v) is 13.7. The van der Waals surface area contributed by atoms with Crippen molar-refractivity contribution < 1.29 is 4.79 Å². The lowest BCUT2D eigenvalue weighted by molar-refractivity contribution is -0.119. The first-order chi connectivity index (χ1) is 11.4. The Bertz CT molecular complexity index is 1040. The van der Waals surface area contributed by atoms with Gasteiger partial charge in [-0.15, -0.1) is 0 Å². The Balaban J connectivity index is 2.02. The SMILES string of the molecule is Cn1cc(-c2cccc3c2NC(C)(C)C(=O)N3)c2cc[nH]c2c1=O. The summed E-state index contributed by atoms with van der Waals surface area (Å²) < 4.78 is 1.57. The van der Waals surface area contributed by atoms with E-state index >= 15 is 0 Å². The molecule has 1 aliphatic rings. The van der Waals surface area contributed by atoms with Crippen LogP contribution < -0.4 is 16.2 Å². The van der Waals surface area contributed by atoms with Crippen LogP contribution in [0.3, 0.4) is 0 Å². The van der Waals surface area contributed by atoms with Gasteiger partial charge in [-0.1, -0.05) is 12.1 Å². The van der Waals surface area contributed by atoms with E-state index in [1.807, 2.05) is 44.3 Å². The highest BCUT2D eigenvalue weighted by atomic mass is 16.2. The zero-order valence-electron chi connectivity index (χ0n) is 13.7. The lowest BCUT2D eigenvalue weighted by Crippen LogP contribution is -2.47. The fourth-order valence-electron chi connectivity index (χ4n) is 3.15. The Hall–Kier alpha value is -3.02. The molecular weight excluding hydrogens is 304 g/mol. The standard InChI is InChI=1S/C18H18N4O2/c1-18(2)17(24)20-13-6-4-5-10(14(13)21-18)12-9-22(3)16(23)15-11(12)7-8-19-15/h4-9,19,21H,1-3H3,(H,20,24). The summed E-state index contributed by atoms with van der Waals surface area (Å²) in [6, 6.07) is 7.66. The van der Waals surface area contributed by atoms with E-state index < -0.39 is 5.54 Å². The van der Waals surface area contributed by atoms with E-state index in [-0.39, 0.29) is 11.5 Å². The molecular formula is C18H18N4O2. The molecule has 0 spiro atoms. The van der Waals surface area contributed by atoms with Crippen LogP contribution in [0.1, 0.15) is 13.8 Å². The number of aromatic nitrogens is 2. The van der Waals surface area contributed by atoms with Crippen LogP contribution in [-0.4, -0.2) is 21.0 Å². The number of rotatable bonds is 1. The maximum absolute atomic E-state index is 12.3. The van der Waals surface area contributed by atoms with Crippen molar-refractivity contribution in [2.45, 2.75) is 19.4 Å². The van der Waals surface area contributed by atoms with Crippen LogP contribution in [0, 0.1) is 0 Å². The van der Waals surface area contributed by atoms with E-state index in [0.717, 1.165) is 27.9 Å². The summed E-state index contributed by atoms with van der Waals surface area (Å²) in [7, 11) is 1.74. The molecule has 4 rings (SSSR count). The number of fused-ring (bicyclic) bond motifs is 2. The molecule has 0 saturated heterocycles. The van der Waals surface area contributed by atoms with E-state index in [4.69, 9.17) is 0 Å². The summed E-state index contributed by atoms with van der Waals surface area (Å²) in [5.74, 6) is -0.0700. The van der Waals surface area contributed by atoms with Gasteiger partial charge in [0.2, 0.25) is 5.91 Å². The Kier molecular flexibility index (Phi) is 2.87. The number of nitrogens with one attached hydrogen (secondary N) is 3. The summed E-state index contributed by atoms with van der Waals surface area (Å²) in [6.07, 6.45) is 3.60. The molecule has 0 atom stereocenters. The van der Waals surface area contributed by atoms with Gasteiger partial charge in [-0.05, 0) is 26.0 Å². The number of nitrogens with zero attached hydrogens (tertiary/aromatic N) is 1. The van der Waals surface area contributed by atoms with Gasteiger partial charge in [-0.2, -0.15) is 0 Å². The minimum absolute atomic E-state index is 0.0647. The van der Waals surface area contributed by atoms with E-state index in [9.17, 15) is 9.59 Å². The topological polar surface area (TPSA) is 78.9 Å². The van der Waals surface area contributed by atoms with Crippen LogP contribution >= 0.6 is 0 Å². The van der Waals surface area contributed by atoms with E-state index in [1.165, 1.54) is 0 Å². The van der Waals surface area contributed by atoms with Crippen LogP contribution in [0.5, 0.6) is 0 Å². The third kappa shape index (κ3) is 1.96. The lowest BCUT2D eigenvalue weighted by Gasteiger charge is -2.34. The minimum Gasteiger partial charge on any atom is -0.369 e. The third-order valence-electron chi connectivity index (χ3n) is 4.50. The summed E-state index contributed by atoms with van der Waals surface area (Å²) >= 11 is 0. The predicted octanol–water partition coefficient (Wildman–Crippen LogP) is 2.68. The number of hydrogen-bond donors (Lipinski definition) is 3. The van der Waals surface area contributed by atoms with Crippen molar-refractivity contribution in [1.29, 1.82) is 0 Å². The van der Waals surface area contributed by atoms with Crippen molar-refractivity contribution >= 4 is 28.2 Å². The van der Waals surface area contributed by atoms with Gasteiger partial charge >= 0.3 is 0 Å². The number of H-pyrrole nitrogens is 1. The second-order valence-corrected chi connectivity index (χ2v) is 6.66. The van der Waals surface area contributed by atoms with Gasteiger partial charge in [0, 0.05) is 36.0 Å². The highest BCUT2D eigenvalue weighted by Gasteiger charge is 2.34. The normalized spacial score (nSPS) is 15.7. The molecule has 2 aromatic heterocycles. The number of aryl methyl sites for hydroxylation is 1. The Morgan fingerprint density at radius 1 is 1.08 bits per heavy atom. The van der Waals surface area contributed by atoms with Gasteiger partial charge in [0.1, 0.15) is 11.1 Å². The monoisotopic (exact) mass is 322 g/mol. The summed E-state index contributed by atoms with van der Waals surface area (Å²) in [5, 5.41) is 7.15. The smallest absolute Gasteiger partial charge is 0.274 e. The number of aromatic amines is 1. The Morgan fingerprint density at radius 3 is 2.67 bits per heavy atom. The van der Waals surface area contributed by atoms with Gasteiger partial charge < -0.3 is 20.2 Å². The fraction of sp³-hybridized carbons (Fsp3) is 0.222. The second-order valence-electron chi connectivity index (χ2n) is 6.66. The molecule has 0 saturated carbocycles. The number of hydrogen-bond acceptors (Lipinski definition) is 3. The molecule has 1 aliphatic heterocycles. The highest BCUT2D eigenvalue weighted by Crippen LogP contribution is 2.40. The summed E-state index contributed by atoms with van der Waals surface area (Å²) in [4.78, 5) is 27.5. The summed E-state index contributed by atoms with van der Waals surface area (Å²) in [5.41, 5.74) is 3.29. The lowest BCUT2D eigenvalue weighted by atomic mass is 9.94. The molecule has 3 aromatic rings. The number of para-hydroxylation sites is 1. The van der Waals surface area contributed by atoms with Crippen molar-refractivity contribution in [3.63, 3.8) is 0 Å². The van der Waals surface area contributed by atoms with Gasteiger partial charge in [0.15, 0.2) is 0 Å². The average molecular weight is 322 g/mol. The van der Waals surface area contributed by atoms with Gasteiger partial charge in [-0.3, -0.25) is 9.59 Å². The number of anilines is 2. The first-order valence-corrected chi connectivity index (χ1v) is 7.78. The van der Waals surface area contributed by atoms with Crippen LogP contribution in [0.4, 0.5) is 11.4 Å². The Labute approximate surface area is 138 Å². The highest BCUT2D eigenvalue weighted by molar-refractivity contribution is 6.10. The van der Waals surface area contributed by atoms with Crippen LogP contribution in [0.2, 0.25) is 0 Å². The van der Waals surface area contributed by atoms with Crippen molar-refractivity contribution in [3.05, 3.63) is 47.0 Å². The molecule has 0 unspecified atom stereocenters. The van der Waals surface area contributed by atoms with Gasteiger partial charge in [0.05, 0.1) is 11.4 Å². The quantitative estimate of drug-likeness (QED) is 0.644. The van der Waals surface area contributed by atoms with Crippen molar-refractivity contribution in [3.8, 4) is 11.1 Å². The first kappa shape index (κ1) is 14.6.